The third kappa shape index (κ3) is 2.63. The Labute approximate surface area is 115 Å². The highest BCUT2D eigenvalue weighted by Gasteiger charge is 2.16. The van der Waals surface area contributed by atoms with Crippen molar-refractivity contribution in [2.75, 3.05) is 0 Å². The average Bonchev–Trinajstić information content (AvgIpc) is 2.83. The quantitative estimate of drug-likeness (QED) is 0.674. The van der Waals surface area contributed by atoms with E-state index in [2.05, 4.69) is 52.4 Å². The monoisotopic (exact) mass is 308 g/mol. The molecule has 2 rings (SSSR count). The van der Waals surface area contributed by atoms with Crippen molar-refractivity contribution in [1.29, 1.82) is 0 Å². The van der Waals surface area contributed by atoms with Crippen molar-refractivity contribution in [2.45, 2.75) is 26.4 Å². The summed E-state index contributed by atoms with van der Waals surface area (Å²) in [5.74, 6) is 5.70. The van der Waals surface area contributed by atoms with E-state index in [1.165, 1.54) is 5.56 Å². The van der Waals surface area contributed by atoms with Gasteiger partial charge in [-0.05, 0) is 37.1 Å². The molecule has 1 aromatic carbocycles. The fraction of sp³-hybridized carbons (Fsp3) is 0.308. The molecule has 0 bridgehead atoms. The minimum absolute atomic E-state index is 0.0391. The Bertz CT molecular complexity index is 536. The molecular formula is C13H17BrN4. The van der Waals surface area contributed by atoms with Crippen molar-refractivity contribution in [2.24, 2.45) is 5.84 Å². The van der Waals surface area contributed by atoms with Gasteiger partial charge >= 0.3 is 0 Å². The third-order valence-corrected chi connectivity index (χ3v) is 3.52. The first kappa shape index (κ1) is 13.3. The van der Waals surface area contributed by atoms with E-state index in [0.29, 0.717) is 0 Å². The van der Waals surface area contributed by atoms with E-state index in [1.807, 2.05) is 23.1 Å². The second-order valence-electron chi connectivity index (χ2n) is 4.23. The molecule has 0 aliphatic rings. The number of aryl methyl sites for hydroxylation is 2. The summed E-state index contributed by atoms with van der Waals surface area (Å²) in [7, 11) is 0. The van der Waals surface area contributed by atoms with Crippen LogP contribution in [0.5, 0.6) is 0 Å². The van der Waals surface area contributed by atoms with Gasteiger partial charge in [0.15, 0.2) is 0 Å². The van der Waals surface area contributed by atoms with Crippen molar-refractivity contribution in [3.63, 3.8) is 0 Å². The van der Waals surface area contributed by atoms with Gasteiger partial charge in [-0.25, -0.2) is 5.43 Å². The largest absolute Gasteiger partial charge is 0.273 e. The lowest BCUT2D eigenvalue weighted by atomic mass is 9.98. The Kier molecular flexibility index (Phi) is 4.16. The van der Waals surface area contributed by atoms with Gasteiger partial charge in [0.25, 0.3) is 0 Å². The molecule has 0 aliphatic heterocycles. The van der Waals surface area contributed by atoms with Crippen LogP contribution in [0, 0.1) is 6.92 Å². The maximum absolute atomic E-state index is 5.70. The smallest absolute Gasteiger partial charge is 0.0743 e. The Hall–Kier alpha value is -1.17. The predicted molar refractivity (Wildman–Crippen MR) is 75.9 cm³/mol. The van der Waals surface area contributed by atoms with Gasteiger partial charge in [0.05, 0.1) is 12.2 Å². The van der Waals surface area contributed by atoms with Gasteiger partial charge in [-0.1, -0.05) is 22.0 Å². The number of benzene rings is 1. The van der Waals surface area contributed by atoms with Crippen LogP contribution in [0.4, 0.5) is 0 Å². The number of hydrogen-bond donors (Lipinski definition) is 2. The van der Waals surface area contributed by atoms with Crippen LogP contribution in [-0.4, -0.2) is 9.78 Å². The van der Waals surface area contributed by atoms with E-state index >= 15 is 0 Å². The Morgan fingerprint density at radius 3 is 2.89 bits per heavy atom. The molecule has 2 aromatic rings. The van der Waals surface area contributed by atoms with Gasteiger partial charge in [0.2, 0.25) is 0 Å². The maximum Gasteiger partial charge on any atom is 0.0743 e. The van der Waals surface area contributed by atoms with E-state index in [0.717, 1.165) is 22.1 Å². The molecular weight excluding hydrogens is 292 g/mol. The van der Waals surface area contributed by atoms with Gasteiger partial charge in [0.1, 0.15) is 0 Å². The molecule has 1 heterocycles. The maximum atomic E-state index is 5.70. The summed E-state index contributed by atoms with van der Waals surface area (Å²) in [6, 6.07) is 6.15. The lowest BCUT2D eigenvalue weighted by Gasteiger charge is -2.17. The average molecular weight is 309 g/mol. The van der Waals surface area contributed by atoms with E-state index in [9.17, 15) is 0 Å². The highest BCUT2D eigenvalue weighted by molar-refractivity contribution is 9.10. The summed E-state index contributed by atoms with van der Waals surface area (Å²) in [6.45, 7) is 5.00. The van der Waals surface area contributed by atoms with Gasteiger partial charge in [0, 0.05) is 22.8 Å². The number of nitrogens with two attached hydrogens (primary N) is 1. The SMILES string of the molecule is CCn1cc(C(NN)c2cc(Br)ccc2C)cn1. The van der Waals surface area contributed by atoms with E-state index in [1.54, 1.807) is 0 Å². The number of hydrazine groups is 1. The lowest BCUT2D eigenvalue weighted by Crippen LogP contribution is -2.29. The van der Waals surface area contributed by atoms with Crippen LogP contribution < -0.4 is 11.3 Å². The van der Waals surface area contributed by atoms with Crippen molar-refractivity contribution in [1.82, 2.24) is 15.2 Å². The predicted octanol–water partition coefficient (Wildman–Crippen LogP) is 2.53. The zero-order chi connectivity index (χ0) is 13.1. The molecule has 0 amide bonds. The minimum atomic E-state index is -0.0391. The Morgan fingerprint density at radius 2 is 2.28 bits per heavy atom. The number of aromatic nitrogens is 2. The number of nitrogens with zero attached hydrogens (tertiary/aromatic N) is 2. The van der Waals surface area contributed by atoms with Crippen LogP contribution >= 0.6 is 15.9 Å². The van der Waals surface area contributed by atoms with E-state index < -0.39 is 0 Å². The molecule has 0 spiro atoms. The fourth-order valence-corrected chi connectivity index (χ4v) is 2.37. The zero-order valence-electron chi connectivity index (χ0n) is 10.5. The second-order valence-corrected chi connectivity index (χ2v) is 5.15. The highest BCUT2D eigenvalue weighted by atomic mass is 79.9. The van der Waals surface area contributed by atoms with Gasteiger partial charge in [-0.2, -0.15) is 5.10 Å². The molecule has 0 aliphatic carbocycles. The van der Waals surface area contributed by atoms with Crippen LogP contribution in [0.25, 0.3) is 0 Å². The fourth-order valence-electron chi connectivity index (χ4n) is 1.99. The summed E-state index contributed by atoms with van der Waals surface area (Å²) in [4.78, 5) is 0. The van der Waals surface area contributed by atoms with Gasteiger partial charge in [-0.3, -0.25) is 10.5 Å². The normalized spacial score (nSPS) is 12.7. The summed E-state index contributed by atoms with van der Waals surface area (Å²) >= 11 is 3.50. The van der Waals surface area contributed by atoms with E-state index in [-0.39, 0.29) is 6.04 Å². The standard InChI is InChI=1S/C13H17BrN4/c1-3-18-8-10(7-16-18)13(17-15)12-6-11(14)5-4-9(12)2/h4-8,13,17H,3,15H2,1-2H3. The Morgan fingerprint density at radius 1 is 1.50 bits per heavy atom. The minimum Gasteiger partial charge on any atom is -0.273 e. The molecule has 1 atom stereocenters. The van der Waals surface area contributed by atoms with Crippen molar-refractivity contribution < 1.29 is 0 Å². The first-order valence-corrected chi connectivity index (χ1v) is 6.69. The van der Waals surface area contributed by atoms with Crippen molar-refractivity contribution in [3.05, 3.63) is 51.8 Å². The third-order valence-electron chi connectivity index (χ3n) is 3.03. The van der Waals surface area contributed by atoms with Gasteiger partial charge in [-0.15, -0.1) is 0 Å². The first-order valence-electron chi connectivity index (χ1n) is 5.90. The Balaban J connectivity index is 2.41. The number of hydrogen-bond acceptors (Lipinski definition) is 3. The molecule has 0 saturated carbocycles. The zero-order valence-corrected chi connectivity index (χ0v) is 12.1. The summed E-state index contributed by atoms with van der Waals surface area (Å²) < 4.78 is 2.94. The molecule has 5 heteroatoms. The second kappa shape index (κ2) is 5.65. The van der Waals surface area contributed by atoms with Crippen LogP contribution in [0.1, 0.15) is 29.7 Å². The molecule has 0 fully saturated rings. The molecule has 1 aromatic heterocycles. The van der Waals surface area contributed by atoms with Crippen LogP contribution in [-0.2, 0) is 6.54 Å². The topological polar surface area (TPSA) is 55.9 Å². The molecule has 4 nitrogen and oxygen atoms in total. The molecule has 0 saturated heterocycles. The van der Waals surface area contributed by atoms with Crippen LogP contribution in [0.15, 0.2) is 35.1 Å². The highest BCUT2D eigenvalue weighted by Crippen LogP contribution is 2.26. The molecule has 1 unspecified atom stereocenters. The van der Waals surface area contributed by atoms with Crippen molar-refractivity contribution in [3.8, 4) is 0 Å². The van der Waals surface area contributed by atoms with Crippen LogP contribution in [0.3, 0.4) is 0 Å². The summed E-state index contributed by atoms with van der Waals surface area (Å²) in [6.07, 6.45) is 3.87. The molecule has 3 N–H and O–H groups in total. The molecule has 0 radical (unpaired) electrons. The molecule has 18 heavy (non-hydrogen) atoms. The van der Waals surface area contributed by atoms with E-state index in [4.69, 9.17) is 5.84 Å². The summed E-state index contributed by atoms with van der Waals surface area (Å²) in [5.41, 5.74) is 6.29. The lowest BCUT2D eigenvalue weighted by molar-refractivity contribution is 0.627. The van der Waals surface area contributed by atoms with Crippen LogP contribution in [0.2, 0.25) is 0 Å². The number of nitrogens with one attached hydrogen (secondary N) is 1. The summed E-state index contributed by atoms with van der Waals surface area (Å²) in [5, 5.41) is 4.29. The van der Waals surface area contributed by atoms with Gasteiger partial charge < -0.3 is 0 Å². The molecule has 96 valence electrons. The first-order chi connectivity index (χ1) is 8.65. The number of halogens is 1. The number of rotatable bonds is 4. The van der Waals surface area contributed by atoms with Crippen molar-refractivity contribution >= 4 is 15.9 Å².